The first-order valence-electron chi connectivity index (χ1n) is 6.95. The summed E-state index contributed by atoms with van der Waals surface area (Å²) in [4.78, 5) is 18.8. The van der Waals surface area contributed by atoms with Gasteiger partial charge in [0.25, 0.3) is 0 Å². The molecule has 0 bridgehead atoms. The van der Waals surface area contributed by atoms with Crippen LogP contribution < -0.4 is 0 Å². The van der Waals surface area contributed by atoms with E-state index in [1.165, 1.54) is 0 Å². The third-order valence-corrected chi connectivity index (χ3v) is 4.40. The van der Waals surface area contributed by atoms with Crippen LogP contribution in [-0.2, 0) is 9.53 Å². The van der Waals surface area contributed by atoms with Gasteiger partial charge in [-0.3, -0.25) is 4.79 Å². The Morgan fingerprint density at radius 1 is 1.65 bits per heavy atom. The van der Waals surface area contributed by atoms with Crippen molar-refractivity contribution in [3.8, 4) is 12.3 Å². The summed E-state index contributed by atoms with van der Waals surface area (Å²) >= 11 is 1.60. The molecule has 1 fully saturated rings. The topological polar surface area (TPSA) is 42.4 Å². The monoisotopic (exact) mass is 292 g/mol. The van der Waals surface area contributed by atoms with E-state index in [-0.39, 0.29) is 11.9 Å². The van der Waals surface area contributed by atoms with Gasteiger partial charge in [-0.2, -0.15) is 0 Å². The van der Waals surface area contributed by atoms with E-state index in [4.69, 9.17) is 11.2 Å². The molecule has 1 saturated heterocycles. The highest BCUT2D eigenvalue weighted by atomic mass is 32.1. The lowest BCUT2D eigenvalue weighted by molar-refractivity contribution is -0.140. The molecular weight excluding hydrogens is 272 g/mol. The Hall–Kier alpha value is -1.38. The number of rotatable bonds is 5. The molecule has 0 N–H and O–H groups in total. The molecule has 20 heavy (non-hydrogen) atoms. The normalized spacial score (nSPS) is 18.8. The van der Waals surface area contributed by atoms with E-state index in [0.29, 0.717) is 26.2 Å². The summed E-state index contributed by atoms with van der Waals surface area (Å²) in [6, 6.07) is -0.0254. The molecule has 0 unspecified atom stereocenters. The van der Waals surface area contributed by atoms with Crippen molar-refractivity contribution in [2.24, 2.45) is 0 Å². The Balaban J connectivity index is 1.96. The molecule has 0 saturated carbocycles. The molecule has 1 aliphatic rings. The van der Waals surface area contributed by atoms with Crippen LogP contribution in [-0.4, -0.2) is 35.5 Å². The highest BCUT2D eigenvalue weighted by Gasteiger charge is 2.30. The van der Waals surface area contributed by atoms with Crippen LogP contribution in [0.2, 0.25) is 0 Å². The zero-order valence-corrected chi connectivity index (χ0v) is 12.6. The van der Waals surface area contributed by atoms with E-state index >= 15 is 0 Å². The number of amides is 1. The number of nitrogens with zero attached hydrogens (tertiary/aromatic N) is 2. The summed E-state index contributed by atoms with van der Waals surface area (Å²) in [6.45, 7) is 3.77. The molecule has 0 spiro atoms. The van der Waals surface area contributed by atoms with Gasteiger partial charge in [0.05, 0.1) is 13.2 Å². The zero-order valence-electron chi connectivity index (χ0n) is 11.8. The number of thiazole rings is 1. The van der Waals surface area contributed by atoms with Crippen LogP contribution in [0.4, 0.5) is 0 Å². The fourth-order valence-electron chi connectivity index (χ4n) is 2.28. The minimum Gasteiger partial charge on any atom is -0.377 e. The summed E-state index contributed by atoms with van der Waals surface area (Å²) < 4.78 is 5.52. The molecule has 1 amide bonds. The van der Waals surface area contributed by atoms with Crippen molar-refractivity contribution >= 4 is 17.2 Å². The number of unbranched alkanes of at least 4 members (excludes halogenated alkanes) is 2. The summed E-state index contributed by atoms with van der Waals surface area (Å²) in [5.41, 5.74) is 0.997. The second-order valence-electron chi connectivity index (χ2n) is 4.92. The molecule has 4 nitrogen and oxygen atoms in total. The van der Waals surface area contributed by atoms with Crippen LogP contribution in [0.15, 0.2) is 5.38 Å². The average Bonchev–Trinajstić information content (AvgIpc) is 2.90. The van der Waals surface area contributed by atoms with Crippen molar-refractivity contribution in [1.82, 2.24) is 9.88 Å². The number of terminal acetylenes is 1. The predicted molar refractivity (Wildman–Crippen MR) is 79.4 cm³/mol. The van der Waals surface area contributed by atoms with Crippen LogP contribution in [0.3, 0.4) is 0 Å². The van der Waals surface area contributed by atoms with Gasteiger partial charge in [0.15, 0.2) is 0 Å². The van der Waals surface area contributed by atoms with E-state index < -0.39 is 0 Å². The molecular formula is C15H20N2O2S. The third-order valence-electron chi connectivity index (χ3n) is 3.33. The number of aryl methyl sites for hydroxylation is 1. The van der Waals surface area contributed by atoms with Crippen molar-refractivity contribution in [1.29, 1.82) is 0 Å². The maximum Gasteiger partial charge on any atom is 0.223 e. The number of hydrogen-bond acceptors (Lipinski definition) is 4. The van der Waals surface area contributed by atoms with E-state index in [1.54, 1.807) is 11.3 Å². The lowest BCUT2D eigenvalue weighted by atomic mass is 10.1. The van der Waals surface area contributed by atoms with Gasteiger partial charge in [0.1, 0.15) is 11.0 Å². The number of morpholine rings is 1. The van der Waals surface area contributed by atoms with Crippen LogP contribution in [0.25, 0.3) is 0 Å². The lowest BCUT2D eigenvalue weighted by Crippen LogP contribution is -2.43. The first kappa shape index (κ1) is 15.0. The number of hydrogen-bond donors (Lipinski definition) is 0. The van der Waals surface area contributed by atoms with Gasteiger partial charge in [-0.1, -0.05) is 0 Å². The first-order chi connectivity index (χ1) is 9.72. The molecule has 1 aromatic heterocycles. The molecule has 1 aromatic rings. The molecule has 0 aromatic carbocycles. The summed E-state index contributed by atoms with van der Waals surface area (Å²) in [6.07, 6.45) is 8.28. The summed E-state index contributed by atoms with van der Waals surface area (Å²) in [5, 5.41) is 2.98. The van der Waals surface area contributed by atoms with Crippen LogP contribution in [0.1, 0.15) is 42.4 Å². The number of aromatic nitrogens is 1. The van der Waals surface area contributed by atoms with Crippen molar-refractivity contribution in [3.63, 3.8) is 0 Å². The van der Waals surface area contributed by atoms with Gasteiger partial charge in [-0.15, -0.1) is 23.7 Å². The van der Waals surface area contributed by atoms with Crippen LogP contribution >= 0.6 is 11.3 Å². The number of carbonyl (C=O) groups excluding carboxylic acids is 1. The van der Waals surface area contributed by atoms with Gasteiger partial charge >= 0.3 is 0 Å². The molecule has 2 rings (SSSR count). The largest absolute Gasteiger partial charge is 0.377 e. The van der Waals surface area contributed by atoms with Crippen molar-refractivity contribution in [2.75, 3.05) is 19.8 Å². The molecule has 1 aliphatic heterocycles. The first-order valence-corrected chi connectivity index (χ1v) is 7.83. The van der Waals surface area contributed by atoms with Crippen LogP contribution in [0, 0.1) is 19.3 Å². The van der Waals surface area contributed by atoms with Crippen LogP contribution in [0.5, 0.6) is 0 Å². The van der Waals surface area contributed by atoms with E-state index in [9.17, 15) is 4.79 Å². The Morgan fingerprint density at radius 2 is 2.50 bits per heavy atom. The van der Waals surface area contributed by atoms with Crippen molar-refractivity contribution in [2.45, 2.75) is 38.6 Å². The molecule has 108 valence electrons. The zero-order chi connectivity index (χ0) is 14.4. The fraction of sp³-hybridized carbons (Fsp3) is 0.600. The summed E-state index contributed by atoms with van der Waals surface area (Å²) in [7, 11) is 0. The molecule has 5 heteroatoms. The van der Waals surface area contributed by atoms with E-state index in [0.717, 1.165) is 30.0 Å². The Bertz CT molecular complexity index is 492. The Kier molecular flexibility index (Phi) is 5.57. The summed E-state index contributed by atoms with van der Waals surface area (Å²) in [5.74, 6) is 2.79. The van der Waals surface area contributed by atoms with Crippen molar-refractivity contribution in [3.05, 3.63) is 16.1 Å². The van der Waals surface area contributed by atoms with Gasteiger partial charge in [-0.25, -0.2) is 4.98 Å². The second kappa shape index (κ2) is 7.41. The minimum atomic E-state index is -0.0254. The van der Waals surface area contributed by atoms with Gasteiger partial charge in [0, 0.05) is 30.5 Å². The smallest absolute Gasteiger partial charge is 0.223 e. The van der Waals surface area contributed by atoms with Gasteiger partial charge < -0.3 is 9.64 Å². The van der Waals surface area contributed by atoms with Gasteiger partial charge in [-0.05, 0) is 19.8 Å². The molecule has 0 aliphatic carbocycles. The quantitative estimate of drug-likeness (QED) is 0.619. The fourth-order valence-corrected chi connectivity index (χ4v) is 3.17. The average molecular weight is 292 g/mol. The molecule has 2 heterocycles. The Morgan fingerprint density at radius 3 is 3.20 bits per heavy atom. The third kappa shape index (κ3) is 3.81. The molecule has 0 radical (unpaired) electrons. The highest BCUT2D eigenvalue weighted by Crippen LogP contribution is 2.27. The second-order valence-corrected chi connectivity index (χ2v) is 5.81. The molecule has 1 atom stereocenters. The van der Waals surface area contributed by atoms with E-state index in [1.807, 2.05) is 17.2 Å². The number of carbonyl (C=O) groups is 1. The maximum atomic E-state index is 12.3. The highest BCUT2D eigenvalue weighted by molar-refractivity contribution is 7.09. The van der Waals surface area contributed by atoms with Crippen molar-refractivity contribution < 1.29 is 9.53 Å². The maximum absolute atomic E-state index is 12.3. The minimum absolute atomic E-state index is 0.0254. The SMILES string of the molecule is C#CCCCCC(=O)N1CCOC[C@@H]1c1nc(C)cs1. The predicted octanol–water partition coefficient (Wildman–Crippen LogP) is 2.55. The Labute approximate surface area is 124 Å². The lowest BCUT2D eigenvalue weighted by Gasteiger charge is -2.34. The van der Waals surface area contributed by atoms with Gasteiger partial charge in [0.2, 0.25) is 5.91 Å². The number of ether oxygens (including phenoxy) is 1. The standard InChI is InChI=1S/C15H20N2O2S/c1-3-4-5-6-7-14(18)17-8-9-19-10-13(17)15-16-12(2)11-20-15/h1,11,13H,4-10H2,2H3/t13-/m1/s1. The van der Waals surface area contributed by atoms with E-state index in [2.05, 4.69) is 10.9 Å².